The second-order valence-electron chi connectivity index (χ2n) is 1.06. The molecule has 1 heterocycles. The molecule has 1 rings (SSSR count). The molecule has 0 bridgehead atoms. The highest BCUT2D eigenvalue weighted by Gasteiger charge is 1.97. The Balaban J connectivity index is 2.43. The monoisotopic (exact) mass is 163 g/mol. The van der Waals surface area contributed by atoms with Crippen molar-refractivity contribution in [2.24, 2.45) is 4.40 Å². The van der Waals surface area contributed by atoms with Gasteiger partial charge in [-0.25, -0.2) is 0 Å². The van der Waals surface area contributed by atoms with Crippen LogP contribution in [0.15, 0.2) is 15.2 Å². The average Bonchev–Trinajstić information content (AvgIpc) is 1.90. The molecule has 0 radical (unpaired) electrons. The molecule has 0 aromatic rings. The van der Waals surface area contributed by atoms with Crippen molar-refractivity contribution in [1.29, 1.82) is 0 Å². The van der Waals surface area contributed by atoms with E-state index in [9.17, 15) is 0 Å². The minimum absolute atomic E-state index is 1.14. The molecule has 1 aliphatic rings. The van der Waals surface area contributed by atoms with Crippen LogP contribution >= 0.6 is 35.5 Å². The number of thioether (sulfide) groups is 2. The molecule has 0 spiro atoms. The minimum Gasteiger partial charge on any atom is -0.198 e. The Morgan fingerprint density at radius 1 is 1.62 bits per heavy atom. The van der Waals surface area contributed by atoms with Crippen molar-refractivity contribution in [3.63, 3.8) is 0 Å². The lowest BCUT2D eigenvalue weighted by molar-refractivity contribution is 2.01. The van der Waals surface area contributed by atoms with Crippen molar-refractivity contribution < 1.29 is 0 Å². The van der Waals surface area contributed by atoms with Crippen molar-refractivity contribution in [2.75, 3.05) is 6.26 Å². The highest BCUT2D eigenvalue weighted by molar-refractivity contribution is 8.40. The van der Waals surface area contributed by atoms with E-state index in [0.29, 0.717) is 0 Å². The van der Waals surface area contributed by atoms with Crippen LogP contribution < -0.4 is 0 Å². The molecule has 0 atom stereocenters. The third-order valence-corrected chi connectivity index (χ3v) is 3.33. The maximum Gasteiger partial charge on any atom is 0.142 e. The molecule has 0 saturated carbocycles. The average molecular weight is 163 g/mol. The van der Waals surface area contributed by atoms with Gasteiger partial charge in [0, 0.05) is 17.4 Å². The van der Waals surface area contributed by atoms with Gasteiger partial charge in [0.2, 0.25) is 0 Å². The van der Waals surface area contributed by atoms with Crippen molar-refractivity contribution in [3.05, 3.63) is 10.8 Å². The summed E-state index contributed by atoms with van der Waals surface area (Å²) < 4.78 is 5.26. The van der Waals surface area contributed by atoms with E-state index in [1.807, 2.05) is 17.1 Å². The topological polar surface area (TPSA) is 12.4 Å². The molecule has 1 nitrogen and oxygen atoms in total. The molecule has 1 aliphatic heterocycles. The third-order valence-electron chi connectivity index (χ3n) is 0.587. The summed E-state index contributed by atoms with van der Waals surface area (Å²) in [5.74, 6) is 0. The molecule has 0 unspecified atom stereocenters. The maximum atomic E-state index is 4.12. The number of hydrogen-bond donors (Lipinski definition) is 0. The van der Waals surface area contributed by atoms with Gasteiger partial charge in [-0.3, -0.25) is 0 Å². The molecule has 4 heteroatoms. The molecule has 0 N–H and O–H groups in total. The van der Waals surface area contributed by atoms with Gasteiger partial charge in [-0.05, 0) is 11.7 Å². The summed E-state index contributed by atoms with van der Waals surface area (Å²) in [4.78, 5) is 0. The van der Waals surface area contributed by atoms with Gasteiger partial charge in [0.05, 0.1) is 0 Å². The fourth-order valence-corrected chi connectivity index (χ4v) is 2.26. The van der Waals surface area contributed by atoms with Gasteiger partial charge in [-0.15, -0.1) is 11.8 Å². The summed E-state index contributed by atoms with van der Waals surface area (Å²) in [6, 6.07) is 0. The molecule has 0 aromatic carbocycles. The first-order valence-electron chi connectivity index (χ1n) is 2.03. The second kappa shape index (κ2) is 3.48. The Kier molecular flexibility index (Phi) is 2.86. The van der Waals surface area contributed by atoms with Crippen LogP contribution in [0, 0.1) is 0 Å². The van der Waals surface area contributed by atoms with Crippen LogP contribution in [0.4, 0.5) is 0 Å². The van der Waals surface area contributed by atoms with E-state index in [4.69, 9.17) is 0 Å². The Hall–Kier alpha value is 0.460. The number of hydrogen-bond acceptors (Lipinski definition) is 4. The zero-order valence-corrected chi connectivity index (χ0v) is 6.78. The normalized spacial score (nSPS) is 18.4. The van der Waals surface area contributed by atoms with Gasteiger partial charge < -0.3 is 0 Å². The lowest BCUT2D eigenvalue weighted by Crippen LogP contribution is -1.79. The zero-order valence-electron chi connectivity index (χ0n) is 4.33. The fourth-order valence-electron chi connectivity index (χ4n) is 0.291. The summed E-state index contributed by atoms with van der Waals surface area (Å²) in [6.45, 7) is 0. The van der Waals surface area contributed by atoms with Crippen molar-refractivity contribution in [1.82, 2.24) is 0 Å². The molecular weight excluding hydrogens is 158 g/mol. The first-order valence-corrected chi connectivity index (χ1v) is 4.97. The van der Waals surface area contributed by atoms with Crippen LogP contribution in [0.5, 0.6) is 0 Å². The molecule has 0 amide bonds. The van der Waals surface area contributed by atoms with Crippen LogP contribution in [0.3, 0.4) is 0 Å². The first-order chi connectivity index (χ1) is 3.93. The van der Waals surface area contributed by atoms with Crippen LogP contribution in [0.25, 0.3) is 0 Å². The lowest BCUT2D eigenvalue weighted by Gasteiger charge is -1.98. The Bertz CT molecular complexity index is 129. The summed E-state index contributed by atoms with van der Waals surface area (Å²) >= 11 is 4.85. The predicted molar refractivity (Wildman–Crippen MR) is 45.3 cm³/mol. The third kappa shape index (κ3) is 1.76. The van der Waals surface area contributed by atoms with Crippen LogP contribution in [-0.2, 0) is 0 Å². The van der Waals surface area contributed by atoms with Gasteiger partial charge in [0.15, 0.2) is 0 Å². The van der Waals surface area contributed by atoms with Crippen molar-refractivity contribution >= 4 is 39.8 Å². The van der Waals surface area contributed by atoms with E-state index in [1.165, 1.54) is 11.9 Å². The highest BCUT2D eigenvalue weighted by atomic mass is 32.2. The second-order valence-corrected chi connectivity index (χ2v) is 3.67. The van der Waals surface area contributed by atoms with Gasteiger partial charge in [0.25, 0.3) is 0 Å². The van der Waals surface area contributed by atoms with Crippen molar-refractivity contribution in [2.45, 2.75) is 0 Å². The van der Waals surface area contributed by atoms with Crippen molar-refractivity contribution in [3.8, 4) is 0 Å². The van der Waals surface area contributed by atoms with Gasteiger partial charge in [-0.1, -0.05) is 11.8 Å². The van der Waals surface area contributed by atoms with E-state index < -0.39 is 0 Å². The molecule has 0 fully saturated rings. The van der Waals surface area contributed by atoms with Crippen LogP contribution in [-0.4, -0.2) is 10.6 Å². The van der Waals surface area contributed by atoms with Gasteiger partial charge in [0.1, 0.15) is 4.38 Å². The molecule has 0 aliphatic carbocycles. The van der Waals surface area contributed by atoms with Gasteiger partial charge in [-0.2, -0.15) is 4.40 Å². The smallest absolute Gasteiger partial charge is 0.142 e. The van der Waals surface area contributed by atoms with E-state index in [0.717, 1.165) is 4.38 Å². The maximum absolute atomic E-state index is 4.12. The quantitative estimate of drug-likeness (QED) is 0.509. The zero-order chi connectivity index (χ0) is 5.82. The SMILES string of the molecule is CSC1=NSC=CS1. The summed E-state index contributed by atoms with van der Waals surface area (Å²) in [5, 5.41) is 4.02. The Morgan fingerprint density at radius 2 is 2.50 bits per heavy atom. The van der Waals surface area contributed by atoms with E-state index in [-0.39, 0.29) is 0 Å². The predicted octanol–water partition coefficient (Wildman–Crippen LogP) is 2.57. The van der Waals surface area contributed by atoms with E-state index in [2.05, 4.69) is 4.40 Å². The molecular formula is C4H5NS3. The molecule has 44 valence electrons. The number of rotatable bonds is 0. The fraction of sp³-hybridized carbons (Fsp3) is 0.250. The first kappa shape index (κ1) is 6.58. The van der Waals surface area contributed by atoms with Gasteiger partial charge >= 0.3 is 0 Å². The molecule has 0 aromatic heterocycles. The van der Waals surface area contributed by atoms with Crippen LogP contribution in [0.2, 0.25) is 0 Å². The van der Waals surface area contributed by atoms with Crippen LogP contribution in [0.1, 0.15) is 0 Å². The largest absolute Gasteiger partial charge is 0.198 e. The summed E-state index contributed by atoms with van der Waals surface area (Å²) in [7, 11) is 0. The summed E-state index contributed by atoms with van der Waals surface area (Å²) in [6.07, 6.45) is 2.03. The Morgan fingerprint density at radius 3 is 2.88 bits per heavy atom. The molecule has 0 saturated heterocycles. The minimum atomic E-state index is 1.14. The lowest BCUT2D eigenvalue weighted by atomic mass is 11.3. The molecule has 8 heavy (non-hydrogen) atoms. The van der Waals surface area contributed by atoms with E-state index >= 15 is 0 Å². The standard InChI is InChI=1S/C4H5NS3/c1-6-4-5-8-3-2-7-4/h2-3H,1H3. The van der Waals surface area contributed by atoms with E-state index in [1.54, 1.807) is 23.5 Å². The highest BCUT2D eigenvalue weighted by Crippen LogP contribution is 2.25. The number of nitrogens with zero attached hydrogens (tertiary/aromatic N) is 1. The Labute approximate surface area is 61.5 Å². The summed E-state index contributed by atoms with van der Waals surface area (Å²) in [5.41, 5.74) is 0.